The second-order valence-electron chi connectivity index (χ2n) is 11.6. The third-order valence-corrected chi connectivity index (χ3v) is 7.21. The first-order chi connectivity index (χ1) is 14.1. The van der Waals surface area contributed by atoms with Gasteiger partial charge < -0.3 is 4.74 Å². The summed E-state index contributed by atoms with van der Waals surface area (Å²) in [4.78, 5) is 23.0. The number of carbonyl (C=O) groups is 1. The molecule has 0 spiro atoms. The van der Waals surface area contributed by atoms with Gasteiger partial charge in [0.2, 0.25) is 0 Å². The van der Waals surface area contributed by atoms with Crippen molar-refractivity contribution in [1.29, 1.82) is 0 Å². The average Bonchev–Trinajstić information content (AvgIpc) is 2.67. The molecule has 0 unspecified atom stereocenters. The van der Waals surface area contributed by atoms with Crippen LogP contribution in [0.3, 0.4) is 0 Å². The maximum absolute atomic E-state index is 12.2. The number of carbonyl (C=O) groups excluding carboxylic acids is 1. The summed E-state index contributed by atoms with van der Waals surface area (Å²) in [5.74, 6) is 3.12. The van der Waals surface area contributed by atoms with Crippen molar-refractivity contribution in [3.05, 3.63) is 0 Å². The molecule has 2 rings (SSSR count). The molecule has 0 saturated heterocycles. The van der Waals surface area contributed by atoms with E-state index in [4.69, 9.17) is 14.5 Å². The third kappa shape index (κ3) is 10.1. The Labute approximate surface area is 185 Å². The molecule has 2 fully saturated rings. The lowest BCUT2D eigenvalue weighted by atomic mass is 9.72. The molecule has 0 atom stereocenters. The fourth-order valence-electron chi connectivity index (χ4n) is 4.99. The van der Waals surface area contributed by atoms with Crippen LogP contribution >= 0.6 is 0 Å². The number of ether oxygens (including phenoxy) is 1. The van der Waals surface area contributed by atoms with Crippen molar-refractivity contribution in [1.82, 2.24) is 0 Å². The topological polar surface area (TPSA) is 44.8 Å². The largest absolute Gasteiger partial charge is 0.460 e. The van der Waals surface area contributed by atoms with Crippen molar-refractivity contribution in [2.75, 3.05) is 6.61 Å². The number of hydrogen-bond acceptors (Lipinski definition) is 4. The first-order valence-electron chi connectivity index (χ1n) is 12.6. The van der Waals surface area contributed by atoms with E-state index in [-0.39, 0.29) is 17.2 Å². The highest BCUT2D eigenvalue weighted by molar-refractivity contribution is 5.70. The van der Waals surface area contributed by atoms with Crippen LogP contribution in [0.4, 0.5) is 0 Å². The van der Waals surface area contributed by atoms with Gasteiger partial charge in [0.05, 0.1) is 12.2 Å². The smallest absolute Gasteiger partial charge is 0.306 e. The molecule has 30 heavy (non-hydrogen) atoms. The molecule has 2 aliphatic rings. The van der Waals surface area contributed by atoms with Crippen molar-refractivity contribution in [3.63, 3.8) is 0 Å². The van der Waals surface area contributed by atoms with Crippen LogP contribution in [0.25, 0.3) is 0 Å². The van der Waals surface area contributed by atoms with E-state index < -0.39 is 0 Å². The van der Waals surface area contributed by atoms with Crippen LogP contribution in [0.2, 0.25) is 0 Å². The van der Waals surface area contributed by atoms with Gasteiger partial charge in [-0.25, -0.2) is 9.78 Å². The molecule has 176 valence electrons. The van der Waals surface area contributed by atoms with E-state index in [9.17, 15) is 4.79 Å². The summed E-state index contributed by atoms with van der Waals surface area (Å²) in [6, 6.07) is 0. The zero-order valence-electron chi connectivity index (χ0n) is 20.6. The quantitative estimate of drug-likeness (QED) is 0.160. The van der Waals surface area contributed by atoms with Crippen LogP contribution in [-0.2, 0) is 19.3 Å². The van der Waals surface area contributed by atoms with Crippen LogP contribution in [-0.4, -0.2) is 23.8 Å². The fourth-order valence-corrected chi connectivity index (χ4v) is 4.99. The zero-order valence-corrected chi connectivity index (χ0v) is 20.6. The fraction of sp³-hybridized carbons (Fsp3) is 0.962. The van der Waals surface area contributed by atoms with E-state index in [1.165, 1.54) is 57.8 Å². The molecule has 4 heteroatoms. The van der Waals surface area contributed by atoms with Crippen molar-refractivity contribution < 1.29 is 19.3 Å². The molecular weight excluding hydrogens is 376 g/mol. The highest BCUT2D eigenvalue weighted by Crippen LogP contribution is 2.40. The molecule has 4 nitrogen and oxygen atoms in total. The Bertz CT molecular complexity index is 492. The van der Waals surface area contributed by atoms with E-state index in [2.05, 4.69) is 6.92 Å². The summed E-state index contributed by atoms with van der Waals surface area (Å²) < 4.78 is 5.64. The zero-order chi connectivity index (χ0) is 22.2. The van der Waals surface area contributed by atoms with Gasteiger partial charge in [0.25, 0.3) is 0 Å². The van der Waals surface area contributed by atoms with E-state index >= 15 is 0 Å². The molecule has 0 aromatic rings. The molecule has 0 aliphatic heterocycles. The lowest BCUT2D eigenvalue weighted by molar-refractivity contribution is -0.349. The Kier molecular flexibility index (Phi) is 10.1. The molecule has 2 saturated carbocycles. The first kappa shape index (κ1) is 25.6. The Morgan fingerprint density at radius 3 is 1.80 bits per heavy atom. The van der Waals surface area contributed by atoms with Gasteiger partial charge in [0.1, 0.15) is 5.60 Å². The summed E-state index contributed by atoms with van der Waals surface area (Å²) in [7, 11) is 0. The molecule has 2 aliphatic carbocycles. The molecule has 0 bridgehead atoms. The van der Waals surface area contributed by atoms with Gasteiger partial charge in [-0.3, -0.25) is 4.79 Å². The predicted molar refractivity (Wildman–Crippen MR) is 122 cm³/mol. The van der Waals surface area contributed by atoms with Crippen LogP contribution in [0.1, 0.15) is 119 Å². The lowest BCUT2D eigenvalue weighted by Gasteiger charge is -2.34. The van der Waals surface area contributed by atoms with Gasteiger partial charge in [-0.1, -0.05) is 45.4 Å². The van der Waals surface area contributed by atoms with E-state index in [0.717, 1.165) is 30.6 Å². The van der Waals surface area contributed by atoms with Crippen molar-refractivity contribution in [2.45, 2.75) is 130 Å². The third-order valence-electron chi connectivity index (χ3n) is 7.21. The van der Waals surface area contributed by atoms with Gasteiger partial charge in [-0.15, -0.1) is 0 Å². The predicted octanol–water partition coefficient (Wildman–Crippen LogP) is 7.25. The Hall–Kier alpha value is -0.610. The normalized spacial score (nSPS) is 28.3. The molecule has 0 N–H and O–H groups in total. The lowest BCUT2D eigenvalue weighted by Crippen LogP contribution is -2.29. The summed E-state index contributed by atoms with van der Waals surface area (Å²) in [6.07, 6.45) is 14.4. The minimum Gasteiger partial charge on any atom is -0.460 e. The van der Waals surface area contributed by atoms with Gasteiger partial charge in [-0.2, -0.15) is 0 Å². The van der Waals surface area contributed by atoms with Crippen molar-refractivity contribution >= 4 is 5.97 Å². The second-order valence-corrected chi connectivity index (χ2v) is 11.6. The second kappa shape index (κ2) is 11.9. The van der Waals surface area contributed by atoms with Gasteiger partial charge in [-0.05, 0) is 90.4 Å². The highest BCUT2D eigenvalue weighted by Gasteiger charge is 2.29. The van der Waals surface area contributed by atoms with Gasteiger partial charge in [0, 0.05) is 6.42 Å². The summed E-state index contributed by atoms with van der Waals surface area (Å²) in [5.41, 5.74) is -0.540. The molecule has 0 heterocycles. The van der Waals surface area contributed by atoms with Crippen LogP contribution in [0, 0.1) is 23.7 Å². The van der Waals surface area contributed by atoms with Crippen molar-refractivity contribution in [3.8, 4) is 0 Å². The molecule has 0 radical (unpaired) electrons. The highest BCUT2D eigenvalue weighted by atomic mass is 17.2. The van der Waals surface area contributed by atoms with Gasteiger partial charge >= 0.3 is 5.97 Å². The van der Waals surface area contributed by atoms with E-state index in [1.807, 2.05) is 34.6 Å². The van der Waals surface area contributed by atoms with Crippen molar-refractivity contribution in [2.24, 2.45) is 23.7 Å². The monoisotopic (exact) mass is 424 g/mol. The molecular formula is C26H48O4. The number of esters is 1. The van der Waals surface area contributed by atoms with E-state index in [1.54, 1.807) is 0 Å². The number of hydrogen-bond donors (Lipinski definition) is 0. The minimum atomic E-state index is -0.321. The SMILES string of the molecule is CCC(C)(C)OC(=O)CC1CCC(CC2CCC(CCOOC(C)(C)C)CC2)CC1. The summed E-state index contributed by atoms with van der Waals surface area (Å²) in [6.45, 7) is 12.8. The van der Waals surface area contributed by atoms with E-state index in [0.29, 0.717) is 18.9 Å². The van der Waals surface area contributed by atoms with Crippen LogP contribution in [0.15, 0.2) is 0 Å². The molecule has 0 aromatic carbocycles. The average molecular weight is 425 g/mol. The summed E-state index contributed by atoms with van der Waals surface area (Å²) in [5, 5.41) is 0. The standard InChI is InChI=1S/C26H48O4/c1-7-26(5,6)29-24(27)19-23-14-12-22(13-15-23)18-21-10-8-20(9-11-21)16-17-28-30-25(2,3)4/h20-23H,7-19H2,1-6H3. The first-order valence-corrected chi connectivity index (χ1v) is 12.6. The minimum absolute atomic E-state index is 0.000465. The Balaban J connectivity index is 1.56. The Morgan fingerprint density at radius 2 is 1.30 bits per heavy atom. The summed E-state index contributed by atoms with van der Waals surface area (Å²) >= 11 is 0. The number of rotatable bonds is 10. The van der Waals surface area contributed by atoms with Crippen LogP contribution < -0.4 is 0 Å². The maximum Gasteiger partial charge on any atom is 0.306 e. The van der Waals surface area contributed by atoms with Crippen LogP contribution in [0.5, 0.6) is 0 Å². The molecule has 0 aromatic heterocycles. The van der Waals surface area contributed by atoms with Gasteiger partial charge in [0.15, 0.2) is 0 Å². The molecule has 0 amide bonds. The maximum atomic E-state index is 12.2. The Morgan fingerprint density at radius 1 is 0.800 bits per heavy atom.